The first-order valence-corrected chi connectivity index (χ1v) is 10.4. The molecule has 3 fully saturated rings. The lowest BCUT2D eigenvalue weighted by molar-refractivity contribution is -0.177. The van der Waals surface area contributed by atoms with E-state index in [-0.39, 0.29) is 40.9 Å². The van der Waals surface area contributed by atoms with E-state index in [1.165, 1.54) is 0 Å². The Morgan fingerprint density at radius 3 is 2.29 bits per heavy atom. The minimum Gasteiger partial charge on any atom is -0.378 e. The van der Waals surface area contributed by atoms with Crippen molar-refractivity contribution in [1.29, 1.82) is 0 Å². The molecule has 28 heavy (non-hydrogen) atoms. The molecule has 2 atom stereocenters. The van der Waals surface area contributed by atoms with E-state index < -0.39 is 0 Å². The first-order chi connectivity index (χ1) is 12.8. The van der Waals surface area contributed by atoms with Gasteiger partial charge in [0.2, 0.25) is 5.91 Å². The fraction of sp³-hybridized carbons (Fsp3) is 0.900. The average molecular weight is 507 g/mol. The summed E-state index contributed by atoms with van der Waals surface area (Å²) in [6, 6.07) is 0.796. The van der Waals surface area contributed by atoms with Crippen LogP contribution in [0.3, 0.4) is 0 Å². The SMILES string of the molecule is CCN=C(NC1CC(C)(OC)C1(C)C)N1CCN(CC(=O)NC2CC2)CC1.I. The molecule has 7 nitrogen and oxygen atoms in total. The van der Waals surface area contributed by atoms with Crippen LogP contribution in [-0.4, -0.2) is 85.7 Å². The van der Waals surface area contributed by atoms with Crippen LogP contribution >= 0.6 is 24.0 Å². The van der Waals surface area contributed by atoms with Crippen LogP contribution in [0.25, 0.3) is 0 Å². The molecule has 2 unspecified atom stereocenters. The van der Waals surface area contributed by atoms with Gasteiger partial charge in [0.15, 0.2) is 5.96 Å². The van der Waals surface area contributed by atoms with Crippen molar-refractivity contribution < 1.29 is 9.53 Å². The first kappa shape index (κ1) is 23.7. The number of amides is 1. The third-order valence-electron chi connectivity index (χ3n) is 6.87. The lowest BCUT2D eigenvalue weighted by Gasteiger charge is -2.59. The number of nitrogens with zero attached hydrogens (tertiary/aromatic N) is 3. The first-order valence-electron chi connectivity index (χ1n) is 10.4. The number of aliphatic imine (C=N–C) groups is 1. The Morgan fingerprint density at radius 2 is 1.79 bits per heavy atom. The van der Waals surface area contributed by atoms with Crippen LogP contribution in [0.4, 0.5) is 0 Å². The van der Waals surface area contributed by atoms with Gasteiger partial charge in [-0.15, -0.1) is 24.0 Å². The van der Waals surface area contributed by atoms with Gasteiger partial charge in [-0.1, -0.05) is 13.8 Å². The Morgan fingerprint density at radius 1 is 1.14 bits per heavy atom. The zero-order valence-electron chi connectivity index (χ0n) is 18.1. The molecular formula is C20H38IN5O2. The van der Waals surface area contributed by atoms with Crippen molar-refractivity contribution >= 4 is 35.8 Å². The van der Waals surface area contributed by atoms with Crippen LogP contribution < -0.4 is 10.6 Å². The monoisotopic (exact) mass is 507 g/mol. The molecule has 1 saturated heterocycles. The van der Waals surface area contributed by atoms with Gasteiger partial charge in [0, 0.05) is 57.3 Å². The standard InChI is InChI=1S/C20H37N5O2.HI/c1-6-21-18(23-16-13-20(4,27-5)19(16,2)3)25-11-9-24(10-12-25)14-17(26)22-15-7-8-15;/h15-16H,6-14H2,1-5H3,(H,21,23)(H,22,26);1H. The maximum Gasteiger partial charge on any atom is 0.234 e. The lowest BCUT2D eigenvalue weighted by Crippen LogP contribution is -2.70. The van der Waals surface area contributed by atoms with Crippen LogP contribution in [-0.2, 0) is 9.53 Å². The Labute approximate surface area is 187 Å². The molecule has 2 saturated carbocycles. The van der Waals surface area contributed by atoms with Crippen LogP contribution in [0, 0.1) is 5.41 Å². The van der Waals surface area contributed by atoms with E-state index in [9.17, 15) is 4.79 Å². The summed E-state index contributed by atoms with van der Waals surface area (Å²) in [5.41, 5.74) is -0.0331. The number of piperazine rings is 1. The number of carbonyl (C=O) groups is 1. The van der Waals surface area contributed by atoms with Crippen molar-refractivity contribution in [3.8, 4) is 0 Å². The maximum absolute atomic E-state index is 12.0. The number of methoxy groups -OCH3 is 1. The molecule has 3 aliphatic rings. The second-order valence-corrected chi connectivity index (χ2v) is 8.96. The number of guanidine groups is 1. The molecule has 0 aromatic carbocycles. The number of carbonyl (C=O) groups excluding carboxylic acids is 1. The van der Waals surface area contributed by atoms with Gasteiger partial charge in [0.1, 0.15) is 0 Å². The second-order valence-electron chi connectivity index (χ2n) is 8.96. The minimum atomic E-state index is -0.0877. The topological polar surface area (TPSA) is 69.2 Å². The molecule has 2 aliphatic carbocycles. The molecule has 2 N–H and O–H groups in total. The fourth-order valence-corrected chi connectivity index (χ4v) is 4.09. The highest BCUT2D eigenvalue weighted by Gasteiger charge is 2.58. The van der Waals surface area contributed by atoms with Crippen molar-refractivity contribution in [2.24, 2.45) is 10.4 Å². The summed E-state index contributed by atoms with van der Waals surface area (Å²) in [4.78, 5) is 21.3. The number of hydrogen-bond acceptors (Lipinski definition) is 4. The summed E-state index contributed by atoms with van der Waals surface area (Å²) in [7, 11) is 1.80. The molecule has 1 aliphatic heterocycles. The van der Waals surface area contributed by atoms with Crippen molar-refractivity contribution in [1.82, 2.24) is 20.4 Å². The smallest absolute Gasteiger partial charge is 0.234 e. The molecule has 0 bridgehead atoms. The maximum atomic E-state index is 12.0. The van der Waals surface area contributed by atoms with Gasteiger partial charge in [-0.3, -0.25) is 14.7 Å². The van der Waals surface area contributed by atoms with Crippen molar-refractivity contribution in [3.05, 3.63) is 0 Å². The molecular weight excluding hydrogens is 469 g/mol. The molecule has 0 aromatic rings. The van der Waals surface area contributed by atoms with Crippen molar-refractivity contribution in [2.45, 2.75) is 64.6 Å². The van der Waals surface area contributed by atoms with Gasteiger partial charge in [0.25, 0.3) is 0 Å². The summed E-state index contributed by atoms with van der Waals surface area (Å²) in [6.45, 7) is 13.7. The predicted molar refractivity (Wildman–Crippen MR) is 123 cm³/mol. The van der Waals surface area contributed by atoms with Crippen molar-refractivity contribution in [3.63, 3.8) is 0 Å². The highest BCUT2D eigenvalue weighted by atomic mass is 127. The third-order valence-corrected chi connectivity index (χ3v) is 6.87. The van der Waals surface area contributed by atoms with Gasteiger partial charge < -0.3 is 20.3 Å². The molecule has 1 heterocycles. The van der Waals surface area contributed by atoms with E-state index in [2.05, 4.69) is 48.1 Å². The van der Waals surface area contributed by atoms with Gasteiger partial charge in [-0.25, -0.2) is 0 Å². The predicted octanol–water partition coefficient (Wildman–Crippen LogP) is 1.67. The zero-order valence-corrected chi connectivity index (χ0v) is 20.4. The van der Waals surface area contributed by atoms with Crippen LogP contribution in [0.15, 0.2) is 4.99 Å². The Balaban J connectivity index is 0.00000280. The zero-order chi connectivity index (χ0) is 19.7. The summed E-state index contributed by atoms with van der Waals surface area (Å²) in [5, 5.41) is 6.77. The molecule has 0 spiro atoms. The van der Waals surface area contributed by atoms with E-state index >= 15 is 0 Å². The summed E-state index contributed by atoms with van der Waals surface area (Å²) < 4.78 is 5.75. The summed E-state index contributed by atoms with van der Waals surface area (Å²) >= 11 is 0. The Hall–Kier alpha value is -0.610. The van der Waals surface area contributed by atoms with Crippen LogP contribution in [0.2, 0.25) is 0 Å². The van der Waals surface area contributed by atoms with Gasteiger partial charge in [-0.05, 0) is 33.1 Å². The number of rotatable bonds is 6. The van der Waals surface area contributed by atoms with E-state index in [1.54, 1.807) is 7.11 Å². The fourth-order valence-electron chi connectivity index (χ4n) is 4.09. The molecule has 0 aromatic heterocycles. The third kappa shape index (κ3) is 5.11. The quantitative estimate of drug-likeness (QED) is 0.325. The minimum absolute atomic E-state index is 0. The molecule has 162 valence electrons. The van der Waals surface area contributed by atoms with Gasteiger partial charge in [-0.2, -0.15) is 0 Å². The Bertz CT molecular complexity index is 573. The normalized spacial score (nSPS) is 30.2. The van der Waals surface area contributed by atoms with Crippen molar-refractivity contribution in [2.75, 3.05) is 46.4 Å². The average Bonchev–Trinajstić information content (AvgIpc) is 3.45. The van der Waals surface area contributed by atoms with Crippen LogP contribution in [0.5, 0.6) is 0 Å². The molecule has 3 rings (SSSR count). The number of halogens is 1. The molecule has 1 amide bonds. The van der Waals surface area contributed by atoms with E-state index in [1.807, 2.05) is 0 Å². The molecule has 8 heteroatoms. The Kier molecular flexibility index (Phi) is 8.00. The summed E-state index contributed by atoms with van der Waals surface area (Å²) in [6.07, 6.45) is 3.27. The number of hydrogen-bond donors (Lipinski definition) is 2. The highest BCUT2D eigenvalue weighted by molar-refractivity contribution is 14.0. The number of nitrogens with one attached hydrogen (secondary N) is 2. The lowest BCUT2D eigenvalue weighted by atomic mass is 9.56. The van der Waals surface area contributed by atoms with E-state index in [4.69, 9.17) is 9.73 Å². The van der Waals surface area contributed by atoms with Crippen LogP contribution in [0.1, 0.15) is 47.0 Å². The largest absolute Gasteiger partial charge is 0.378 e. The number of ether oxygens (including phenoxy) is 1. The second kappa shape index (κ2) is 9.47. The van der Waals surface area contributed by atoms with E-state index in [0.717, 1.165) is 57.9 Å². The van der Waals surface area contributed by atoms with Gasteiger partial charge >= 0.3 is 0 Å². The summed E-state index contributed by atoms with van der Waals surface area (Å²) in [5.74, 6) is 1.16. The van der Waals surface area contributed by atoms with Gasteiger partial charge in [0.05, 0.1) is 12.1 Å². The van der Waals surface area contributed by atoms with E-state index in [0.29, 0.717) is 18.6 Å². The highest BCUT2D eigenvalue weighted by Crippen LogP contribution is 2.51. The molecule has 0 radical (unpaired) electrons.